The highest BCUT2D eigenvalue weighted by atomic mass is 19.1. The topological polar surface area (TPSA) is 54.2 Å². The van der Waals surface area contributed by atoms with Crippen molar-refractivity contribution in [3.8, 4) is 0 Å². The van der Waals surface area contributed by atoms with Gasteiger partial charge in [-0.3, -0.25) is 0 Å². The minimum Gasteiger partial charge on any atom is -0.383 e. The third kappa shape index (κ3) is 4.37. The van der Waals surface area contributed by atoms with E-state index < -0.39 is 0 Å². The van der Waals surface area contributed by atoms with Gasteiger partial charge >= 0.3 is 0 Å². The van der Waals surface area contributed by atoms with Gasteiger partial charge in [0.2, 0.25) is 0 Å². The average Bonchev–Trinajstić information content (AvgIpc) is 2.70. The van der Waals surface area contributed by atoms with E-state index in [1.165, 1.54) is 6.07 Å². The van der Waals surface area contributed by atoms with E-state index in [0.717, 1.165) is 46.5 Å². The van der Waals surface area contributed by atoms with Gasteiger partial charge in [-0.05, 0) is 42.7 Å². The zero-order chi connectivity index (χ0) is 19.2. The summed E-state index contributed by atoms with van der Waals surface area (Å²) >= 11 is 0. The third-order valence-corrected chi connectivity index (χ3v) is 4.78. The van der Waals surface area contributed by atoms with Crippen LogP contribution in [-0.2, 0) is 13.0 Å². The molecule has 0 aliphatic carbocycles. The highest BCUT2D eigenvalue weighted by molar-refractivity contribution is 5.93. The fraction of sp³-hybridized carbons (Fsp3) is 0.318. The molecule has 5 heteroatoms. The fourth-order valence-corrected chi connectivity index (χ4v) is 3.31. The Morgan fingerprint density at radius 1 is 1.07 bits per heavy atom. The lowest BCUT2D eigenvalue weighted by Gasteiger charge is -2.25. The second-order valence-electron chi connectivity index (χ2n) is 6.54. The Morgan fingerprint density at radius 2 is 1.89 bits per heavy atom. The molecule has 0 amide bonds. The normalized spacial score (nSPS) is 11.0. The summed E-state index contributed by atoms with van der Waals surface area (Å²) in [5.74, 6) is 0.720. The maximum absolute atomic E-state index is 13.6. The van der Waals surface area contributed by atoms with Crippen molar-refractivity contribution in [3.63, 3.8) is 0 Å². The van der Waals surface area contributed by atoms with Gasteiger partial charge in [-0.15, -0.1) is 0 Å². The highest BCUT2D eigenvalue weighted by Gasteiger charge is 2.13. The van der Waals surface area contributed by atoms with Gasteiger partial charge in [-0.25, -0.2) is 9.37 Å². The lowest BCUT2D eigenvalue weighted by Crippen LogP contribution is -2.24. The molecule has 142 valence electrons. The van der Waals surface area contributed by atoms with Crippen LogP contribution in [0.1, 0.15) is 25.0 Å². The van der Waals surface area contributed by atoms with Crippen LogP contribution < -0.4 is 16.0 Å². The SMILES string of the molecule is CCc1cc(F)ccc1CN(CC)c1cc(NCCN)c2ccccc2n1. The number of rotatable bonds is 8. The number of hydrogen-bond acceptors (Lipinski definition) is 4. The molecule has 3 aromatic rings. The van der Waals surface area contributed by atoms with Gasteiger partial charge in [0, 0.05) is 43.3 Å². The predicted octanol–water partition coefficient (Wildman–Crippen LogP) is 4.33. The molecular formula is C22H27FN4. The number of aryl methyl sites for hydroxylation is 1. The molecule has 3 N–H and O–H groups in total. The van der Waals surface area contributed by atoms with Gasteiger partial charge in [-0.2, -0.15) is 0 Å². The number of aromatic nitrogens is 1. The van der Waals surface area contributed by atoms with Crippen molar-refractivity contribution in [2.24, 2.45) is 5.73 Å². The molecular weight excluding hydrogens is 339 g/mol. The lowest BCUT2D eigenvalue weighted by molar-refractivity contribution is 0.624. The largest absolute Gasteiger partial charge is 0.383 e. The molecule has 0 fully saturated rings. The number of anilines is 2. The number of nitrogens with one attached hydrogen (secondary N) is 1. The van der Waals surface area contributed by atoms with Gasteiger partial charge in [0.25, 0.3) is 0 Å². The quantitative estimate of drug-likeness (QED) is 0.623. The Bertz CT molecular complexity index is 910. The fourth-order valence-electron chi connectivity index (χ4n) is 3.31. The van der Waals surface area contributed by atoms with Crippen LogP contribution in [0.3, 0.4) is 0 Å². The van der Waals surface area contributed by atoms with E-state index >= 15 is 0 Å². The average molecular weight is 366 g/mol. The minimum absolute atomic E-state index is 0.184. The number of hydrogen-bond donors (Lipinski definition) is 2. The number of fused-ring (bicyclic) bond motifs is 1. The first-order valence-corrected chi connectivity index (χ1v) is 9.52. The first kappa shape index (κ1) is 19.1. The first-order chi connectivity index (χ1) is 13.2. The molecule has 0 spiro atoms. The van der Waals surface area contributed by atoms with E-state index in [9.17, 15) is 4.39 Å². The Labute approximate surface area is 160 Å². The number of halogens is 1. The highest BCUT2D eigenvalue weighted by Crippen LogP contribution is 2.28. The van der Waals surface area contributed by atoms with E-state index in [1.54, 1.807) is 6.07 Å². The van der Waals surface area contributed by atoms with Crippen molar-refractivity contribution in [1.29, 1.82) is 0 Å². The molecule has 2 aromatic carbocycles. The molecule has 0 unspecified atom stereocenters. The smallest absolute Gasteiger partial charge is 0.131 e. The molecule has 0 aliphatic heterocycles. The number of pyridine rings is 1. The zero-order valence-electron chi connectivity index (χ0n) is 16.0. The van der Waals surface area contributed by atoms with Gasteiger partial charge in [0.1, 0.15) is 11.6 Å². The second kappa shape index (κ2) is 8.82. The summed E-state index contributed by atoms with van der Waals surface area (Å²) in [7, 11) is 0. The Kier molecular flexibility index (Phi) is 6.24. The zero-order valence-corrected chi connectivity index (χ0v) is 16.0. The molecule has 1 aromatic heterocycles. The molecule has 0 saturated heterocycles. The van der Waals surface area contributed by atoms with Crippen molar-refractivity contribution >= 4 is 22.4 Å². The van der Waals surface area contributed by atoms with E-state index in [1.807, 2.05) is 24.3 Å². The first-order valence-electron chi connectivity index (χ1n) is 9.52. The summed E-state index contributed by atoms with van der Waals surface area (Å²) in [6.45, 7) is 6.94. The monoisotopic (exact) mass is 366 g/mol. The molecule has 0 saturated carbocycles. The number of nitrogens with zero attached hydrogens (tertiary/aromatic N) is 2. The third-order valence-electron chi connectivity index (χ3n) is 4.78. The summed E-state index contributed by atoms with van der Waals surface area (Å²) < 4.78 is 13.6. The van der Waals surface area contributed by atoms with Crippen molar-refractivity contribution < 1.29 is 4.39 Å². The van der Waals surface area contributed by atoms with Crippen molar-refractivity contribution in [1.82, 2.24) is 4.98 Å². The van der Waals surface area contributed by atoms with E-state index in [2.05, 4.69) is 36.2 Å². The summed E-state index contributed by atoms with van der Waals surface area (Å²) in [6.07, 6.45) is 0.805. The van der Waals surface area contributed by atoms with Crippen LogP contribution in [0.15, 0.2) is 48.5 Å². The summed E-state index contributed by atoms with van der Waals surface area (Å²) in [5.41, 5.74) is 9.82. The van der Waals surface area contributed by atoms with E-state index in [0.29, 0.717) is 19.6 Å². The van der Waals surface area contributed by atoms with Crippen LogP contribution in [0.25, 0.3) is 10.9 Å². The lowest BCUT2D eigenvalue weighted by atomic mass is 10.0. The molecule has 27 heavy (non-hydrogen) atoms. The molecule has 0 radical (unpaired) electrons. The molecule has 3 rings (SSSR count). The van der Waals surface area contributed by atoms with Gasteiger partial charge < -0.3 is 16.0 Å². The van der Waals surface area contributed by atoms with Gasteiger partial charge in [0.05, 0.1) is 5.52 Å². The van der Waals surface area contributed by atoms with Crippen molar-refractivity contribution in [2.75, 3.05) is 29.9 Å². The Hall–Kier alpha value is -2.66. The van der Waals surface area contributed by atoms with Crippen LogP contribution in [0.5, 0.6) is 0 Å². The van der Waals surface area contributed by atoms with Crippen molar-refractivity contribution in [2.45, 2.75) is 26.8 Å². The van der Waals surface area contributed by atoms with Crippen molar-refractivity contribution in [3.05, 3.63) is 65.5 Å². The molecule has 4 nitrogen and oxygen atoms in total. The summed E-state index contributed by atoms with van der Waals surface area (Å²) in [6, 6.07) is 15.2. The van der Waals surface area contributed by atoms with Crippen LogP contribution in [0, 0.1) is 5.82 Å². The second-order valence-corrected chi connectivity index (χ2v) is 6.54. The van der Waals surface area contributed by atoms with Gasteiger partial charge in [0.15, 0.2) is 0 Å². The molecule has 0 bridgehead atoms. The summed E-state index contributed by atoms with van der Waals surface area (Å²) in [4.78, 5) is 7.08. The number of nitrogens with two attached hydrogens (primary N) is 1. The molecule has 0 aliphatic rings. The Morgan fingerprint density at radius 3 is 2.63 bits per heavy atom. The maximum atomic E-state index is 13.6. The maximum Gasteiger partial charge on any atom is 0.131 e. The van der Waals surface area contributed by atoms with Crippen LogP contribution >= 0.6 is 0 Å². The van der Waals surface area contributed by atoms with Crippen LogP contribution in [0.2, 0.25) is 0 Å². The number of para-hydroxylation sites is 1. The Balaban J connectivity index is 1.98. The molecule has 1 heterocycles. The van der Waals surface area contributed by atoms with Crippen LogP contribution in [0.4, 0.5) is 15.9 Å². The predicted molar refractivity (Wildman–Crippen MR) is 112 cm³/mol. The number of benzene rings is 2. The minimum atomic E-state index is -0.184. The van der Waals surface area contributed by atoms with E-state index in [4.69, 9.17) is 10.7 Å². The summed E-state index contributed by atoms with van der Waals surface area (Å²) in [5, 5.41) is 4.49. The molecule has 0 atom stereocenters. The standard InChI is InChI=1S/C22H27FN4/c1-3-16-13-18(23)10-9-17(16)15-27(4-2)22-14-21(25-12-11-24)19-7-5-6-8-20(19)26-22/h5-10,13-14H,3-4,11-12,15,24H2,1-2H3,(H,25,26). The van der Waals surface area contributed by atoms with E-state index in [-0.39, 0.29) is 5.82 Å². The van der Waals surface area contributed by atoms with Gasteiger partial charge in [-0.1, -0.05) is 31.2 Å². The van der Waals surface area contributed by atoms with Crippen LogP contribution in [-0.4, -0.2) is 24.6 Å².